The first-order valence-corrected chi connectivity index (χ1v) is 14.5. The first-order valence-electron chi connectivity index (χ1n) is 14.5. The topological polar surface area (TPSA) is 180 Å². The van der Waals surface area contributed by atoms with Gasteiger partial charge in [-0.3, -0.25) is 19.6 Å². The fraction of sp³-hybridized carbons (Fsp3) is 0.0526. The molecule has 0 heterocycles. The van der Waals surface area contributed by atoms with Crippen LogP contribution in [-0.2, 0) is 43.1 Å². The number of para-hydroxylation sites is 2. The fourth-order valence-electron chi connectivity index (χ4n) is 4.84. The molecule has 0 amide bonds. The predicted molar refractivity (Wildman–Crippen MR) is 188 cm³/mol. The minimum absolute atomic E-state index is 0. The molecule has 50 heavy (non-hydrogen) atoms. The first-order chi connectivity index (χ1) is 23.0. The Morgan fingerprint density at radius 3 is 1.20 bits per heavy atom. The molecule has 0 spiro atoms. The molecule has 6 N–H and O–H groups in total. The van der Waals surface area contributed by atoms with Crippen molar-refractivity contribution in [3.05, 3.63) is 120 Å². The van der Waals surface area contributed by atoms with Crippen molar-refractivity contribution in [3.8, 4) is 34.1 Å². The van der Waals surface area contributed by atoms with Crippen molar-refractivity contribution in [2.45, 2.75) is 13.8 Å². The van der Waals surface area contributed by atoms with Gasteiger partial charge in [0.15, 0.2) is 23.0 Å². The number of hydrogen-bond acceptors (Lipinski definition) is 8. The van der Waals surface area contributed by atoms with E-state index in [0.717, 1.165) is 46.5 Å². The van der Waals surface area contributed by atoms with Crippen LogP contribution in [0.5, 0.6) is 23.0 Å². The van der Waals surface area contributed by atoms with Crippen LogP contribution in [0.3, 0.4) is 0 Å². The second-order valence-corrected chi connectivity index (χ2v) is 10.3. The van der Waals surface area contributed by atoms with Crippen LogP contribution in [0.2, 0.25) is 0 Å². The molecule has 10 nitrogen and oxygen atoms in total. The maximum atomic E-state index is 10.3. The number of carboxylic acids is 2. The van der Waals surface area contributed by atoms with E-state index in [4.69, 9.17) is 29.8 Å². The molecule has 0 atom stereocenters. The summed E-state index contributed by atoms with van der Waals surface area (Å²) in [5.41, 5.74) is 3.75. The summed E-state index contributed by atoms with van der Waals surface area (Å²) in [5.74, 6) is -2.59. The van der Waals surface area contributed by atoms with E-state index < -0.39 is 11.9 Å². The molecule has 0 saturated carbocycles. The minimum atomic E-state index is -0.833. The van der Waals surface area contributed by atoms with Crippen LogP contribution in [0, 0.1) is 0 Å². The van der Waals surface area contributed by atoms with E-state index in [0.29, 0.717) is 22.5 Å². The Morgan fingerprint density at radius 1 is 0.500 bits per heavy atom. The third-order valence-corrected chi connectivity index (χ3v) is 6.84. The number of phenols is 4. The zero-order chi connectivity index (χ0) is 34.8. The van der Waals surface area contributed by atoms with Crippen molar-refractivity contribution < 1.29 is 73.8 Å². The summed E-state index contributed by atoms with van der Waals surface area (Å²) >= 11 is 0. The monoisotopic (exact) mass is 762 g/mol. The summed E-state index contributed by atoms with van der Waals surface area (Å²) in [6, 6.07) is 33.3. The Labute approximate surface area is 308 Å². The number of aromatic hydroxyl groups is 4. The number of aliphatic imine (C=N–C) groups is 2. The number of benzene rings is 6. The van der Waals surface area contributed by atoms with Gasteiger partial charge in [0, 0.05) is 82.1 Å². The molecular weight excluding hydrogens is 730 g/mol. The second-order valence-electron chi connectivity index (χ2n) is 10.3. The Bertz CT molecular complexity index is 2020. The molecule has 0 fully saturated rings. The third kappa shape index (κ3) is 10.2. The van der Waals surface area contributed by atoms with Gasteiger partial charge in [0.05, 0.1) is 11.4 Å². The fourth-order valence-corrected chi connectivity index (χ4v) is 4.84. The molecule has 0 bridgehead atoms. The zero-order valence-corrected chi connectivity index (χ0v) is 28.7. The predicted octanol–water partition coefficient (Wildman–Crippen LogP) is 8.16. The Hall–Kier alpha value is -5.67. The summed E-state index contributed by atoms with van der Waals surface area (Å²) in [6.45, 7) is 2.17. The van der Waals surface area contributed by atoms with Gasteiger partial charge in [0.25, 0.3) is 11.9 Å². The Kier molecular flexibility index (Phi) is 15.2. The maximum Gasteiger partial charge on any atom is 0.300 e. The average molecular weight is 763 g/mol. The van der Waals surface area contributed by atoms with Crippen molar-refractivity contribution >= 4 is 57.3 Å². The van der Waals surface area contributed by atoms with E-state index in [9.17, 15) is 20.4 Å². The van der Waals surface area contributed by atoms with Gasteiger partial charge in [0.1, 0.15) is 0 Å². The number of nitrogens with zero attached hydrogens (tertiary/aromatic N) is 2. The van der Waals surface area contributed by atoms with Crippen LogP contribution in [0.25, 0.3) is 32.7 Å². The molecule has 6 rings (SSSR count). The summed E-state index contributed by atoms with van der Waals surface area (Å²) in [5, 5.41) is 59.4. The summed E-state index contributed by atoms with van der Waals surface area (Å²) in [7, 11) is 0. The van der Waals surface area contributed by atoms with Gasteiger partial charge >= 0.3 is 0 Å². The van der Waals surface area contributed by atoms with Crippen LogP contribution in [-0.4, -0.2) is 55.0 Å². The van der Waals surface area contributed by atoms with E-state index >= 15 is 0 Å². The van der Waals surface area contributed by atoms with Gasteiger partial charge < -0.3 is 30.6 Å². The molecule has 6 aromatic carbocycles. The van der Waals surface area contributed by atoms with Crippen LogP contribution < -0.4 is 0 Å². The van der Waals surface area contributed by atoms with Gasteiger partial charge in [0.2, 0.25) is 0 Å². The largest absolute Gasteiger partial charge is 0.504 e. The van der Waals surface area contributed by atoms with E-state index in [1.165, 1.54) is 24.6 Å². The summed E-state index contributed by atoms with van der Waals surface area (Å²) < 4.78 is 0. The number of hydrogen-bond donors (Lipinski definition) is 6. The van der Waals surface area contributed by atoms with E-state index in [1.807, 2.05) is 72.8 Å². The molecule has 0 unspecified atom stereocenters. The van der Waals surface area contributed by atoms with Crippen LogP contribution >= 0.6 is 0 Å². The number of rotatable bonds is 5. The number of carboxylic acid groups (broad SMARTS) is 2. The SMILES string of the molecule is CC(=O)O.CC(=O)O.Oc1cccc(C=Nc2ccc3ccccc3c2-c2c(N=Cc3cccc(O)c3O)ccc3ccccc23)c1O.[Co].[Co]. The molecular formula is C38H32Co2N2O8. The van der Waals surface area contributed by atoms with Crippen molar-refractivity contribution in [2.75, 3.05) is 0 Å². The van der Waals surface area contributed by atoms with Crippen molar-refractivity contribution in [2.24, 2.45) is 9.98 Å². The van der Waals surface area contributed by atoms with Gasteiger partial charge in [-0.2, -0.15) is 0 Å². The molecule has 0 aliphatic rings. The summed E-state index contributed by atoms with van der Waals surface area (Å²) in [6.07, 6.45) is 3.06. The molecule has 0 aliphatic heterocycles. The van der Waals surface area contributed by atoms with Crippen LogP contribution in [0.1, 0.15) is 25.0 Å². The van der Waals surface area contributed by atoms with Crippen molar-refractivity contribution in [1.29, 1.82) is 0 Å². The number of aliphatic carboxylic acids is 2. The molecule has 6 aromatic rings. The van der Waals surface area contributed by atoms with Gasteiger partial charge in [-0.05, 0) is 57.9 Å². The van der Waals surface area contributed by atoms with Crippen LogP contribution in [0.4, 0.5) is 11.4 Å². The van der Waals surface area contributed by atoms with Crippen LogP contribution in [0.15, 0.2) is 119 Å². The normalized spacial score (nSPS) is 10.4. The Morgan fingerprint density at radius 2 is 0.840 bits per heavy atom. The number of fused-ring (bicyclic) bond motifs is 2. The Balaban J connectivity index is 0.000000787. The second kappa shape index (κ2) is 18.8. The molecule has 260 valence electrons. The zero-order valence-electron chi connectivity index (χ0n) is 26.6. The standard InChI is InChI=1S/C34H24N2O4.2C2H4O2.2Co/c37-29-13-5-9-23(33(29)39)19-35-27-17-15-21-7-1-3-11-25(21)31(27)32-26-12-4-2-8-22(26)16-18-28(32)36-20-24-10-6-14-30(38)34(24)40;2*1-2(3)4;;/h1-20,37-40H;2*1H3,(H,3,4);;. The number of phenolic OH excluding ortho intramolecular Hbond substituents is 4. The summed E-state index contributed by atoms with van der Waals surface area (Å²) in [4.78, 5) is 27.6. The minimum Gasteiger partial charge on any atom is -0.504 e. The first kappa shape index (κ1) is 40.5. The smallest absolute Gasteiger partial charge is 0.300 e. The molecule has 12 heteroatoms. The van der Waals surface area contributed by atoms with E-state index in [1.54, 1.807) is 24.3 Å². The van der Waals surface area contributed by atoms with E-state index in [-0.39, 0.29) is 56.6 Å². The van der Waals surface area contributed by atoms with Gasteiger partial charge in [-0.1, -0.05) is 72.8 Å². The van der Waals surface area contributed by atoms with Crippen molar-refractivity contribution in [3.63, 3.8) is 0 Å². The molecule has 0 saturated heterocycles. The third-order valence-electron chi connectivity index (χ3n) is 6.84. The van der Waals surface area contributed by atoms with Crippen molar-refractivity contribution in [1.82, 2.24) is 0 Å². The van der Waals surface area contributed by atoms with E-state index in [2.05, 4.69) is 0 Å². The average Bonchev–Trinajstić information content (AvgIpc) is 3.05. The number of carbonyl (C=O) groups is 2. The molecule has 2 radical (unpaired) electrons. The van der Waals surface area contributed by atoms with Gasteiger partial charge in [-0.15, -0.1) is 0 Å². The van der Waals surface area contributed by atoms with Gasteiger partial charge in [-0.25, -0.2) is 0 Å². The molecule has 0 aliphatic carbocycles. The molecule has 0 aromatic heterocycles. The maximum absolute atomic E-state index is 10.3. The quantitative estimate of drug-likeness (QED) is 0.0752.